The summed E-state index contributed by atoms with van der Waals surface area (Å²) in [5.74, 6) is 0.360. The van der Waals surface area contributed by atoms with E-state index in [9.17, 15) is 14.4 Å². The first-order valence-electron chi connectivity index (χ1n) is 10.2. The first-order chi connectivity index (χ1) is 14.8. The summed E-state index contributed by atoms with van der Waals surface area (Å²) in [6.45, 7) is 4.94. The van der Waals surface area contributed by atoms with Gasteiger partial charge in [-0.25, -0.2) is 4.79 Å². The van der Waals surface area contributed by atoms with E-state index in [4.69, 9.17) is 11.6 Å². The van der Waals surface area contributed by atoms with Gasteiger partial charge in [-0.05, 0) is 18.1 Å². The van der Waals surface area contributed by atoms with E-state index in [1.54, 1.807) is 17.7 Å². The second-order valence-electron chi connectivity index (χ2n) is 7.52. The summed E-state index contributed by atoms with van der Waals surface area (Å²) in [5.41, 5.74) is 0.512. The Morgan fingerprint density at radius 2 is 1.87 bits per heavy atom. The van der Waals surface area contributed by atoms with E-state index in [-0.39, 0.29) is 17.5 Å². The van der Waals surface area contributed by atoms with Crippen molar-refractivity contribution < 1.29 is 4.79 Å². The fourth-order valence-corrected chi connectivity index (χ4v) is 3.45. The zero-order valence-electron chi connectivity index (χ0n) is 18.1. The molecular formula is C21H27ClN6O3. The fraction of sp³-hybridized carbons (Fsp3) is 0.429. The quantitative estimate of drug-likeness (QED) is 0.513. The van der Waals surface area contributed by atoms with Gasteiger partial charge in [-0.3, -0.25) is 23.3 Å². The summed E-state index contributed by atoms with van der Waals surface area (Å²) in [7, 11) is 3.02. The summed E-state index contributed by atoms with van der Waals surface area (Å²) in [6.07, 6.45) is 0.768. The molecule has 0 bridgehead atoms. The van der Waals surface area contributed by atoms with E-state index < -0.39 is 11.2 Å². The van der Waals surface area contributed by atoms with Crippen LogP contribution in [0.5, 0.6) is 0 Å². The number of halogens is 1. The number of aromatic nitrogens is 4. The number of hydrogen-bond acceptors (Lipinski definition) is 5. The number of nitrogens with one attached hydrogen (secondary N) is 2. The van der Waals surface area contributed by atoms with Crippen LogP contribution in [-0.2, 0) is 25.4 Å². The number of amides is 1. The number of carbonyl (C=O) groups excluding carboxylic acids is 1. The zero-order valence-corrected chi connectivity index (χ0v) is 18.9. The minimum Gasteiger partial charge on any atom is -0.354 e. The van der Waals surface area contributed by atoms with E-state index in [2.05, 4.69) is 15.6 Å². The van der Waals surface area contributed by atoms with Gasteiger partial charge in [0.25, 0.3) is 5.56 Å². The van der Waals surface area contributed by atoms with Crippen LogP contribution in [0.25, 0.3) is 11.2 Å². The molecule has 0 radical (unpaired) electrons. The number of benzene rings is 1. The summed E-state index contributed by atoms with van der Waals surface area (Å²) >= 11 is 6.34. The van der Waals surface area contributed by atoms with E-state index >= 15 is 0 Å². The molecule has 31 heavy (non-hydrogen) atoms. The van der Waals surface area contributed by atoms with E-state index in [1.807, 2.05) is 32.0 Å². The van der Waals surface area contributed by atoms with Gasteiger partial charge in [0, 0.05) is 38.1 Å². The summed E-state index contributed by atoms with van der Waals surface area (Å²) < 4.78 is 4.12. The fourth-order valence-electron chi connectivity index (χ4n) is 3.25. The van der Waals surface area contributed by atoms with Crippen LogP contribution in [0.3, 0.4) is 0 Å². The highest BCUT2D eigenvalue weighted by molar-refractivity contribution is 6.31. The predicted molar refractivity (Wildman–Crippen MR) is 122 cm³/mol. The summed E-state index contributed by atoms with van der Waals surface area (Å²) in [5, 5.41) is 6.62. The van der Waals surface area contributed by atoms with Crippen LogP contribution in [0.1, 0.15) is 25.8 Å². The SMILES string of the molecule is CC[C@H](C)C(=O)NCCNc1nc2c(c(=O)n(C)c(=O)n2C)n1Cc1ccccc1Cl. The molecule has 0 aliphatic heterocycles. The molecule has 3 rings (SSSR count). The molecule has 3 aromatic rings. The molecule has 1 atom stereocenters. The zero-order chi connectivity index (χ0) is 22.7. The molecule has 0 aliphatic rings. The molecule has 0 unspecified atom stereocenters. The molecule has 1 aromatic carbocycles. The topological polar surface area (TPSA) is 103 Å². The molecule has 1 amide bonds. The number of fused-ring (bicyclic) bond motifs is 1. The highest BCUT2D eigenvalue weighted by Gasteiger charge is 2.20. The van der Waals surface area contributed by atoms with Crippen molar-refractivity contribution in [3.63, 3.8) is 0 Å². The minimum atomic E-state index is -0.452. The van der Waals surface area contributed by atoms with Crippen LogP contribution < -0.4 is 21.9 Å². The molecule has 0 spiro atoms. The Morgan fingerprint density at radius 1 is 1.16 bits per heavy atom. The van der Waals surface area contributed by atoms with Gasteiger partial charge in [-0.15, -0.1) is 0 Å². The predicted octanol–water partition coefficient (Wildman–Crippen LogP) is 1.71. The van der Waals surface area contributed by atoms with Crippen LogP contribution >= 0.6 is 11.6 Å². The van der Waals surface area contributed by atoms with E-state index in [1.165, 1.54) is 11.6 Å². The van der Waals surface area contributed by atoms with Crippen LogP contribution in [0, 0.1) is 5.92 Å². The van der Waals surface area contributed by atoms with Gasteiger partial charge in [-0.1, -0.05) is 43.6 Å². The van der Waals surface area contributed by atoms with Crippen LogP contribution in [0.4, 0.5) is 5.95 Å². The summed E-state index contributed by atoms with van der Waals surface area (Å²) in [4.78, 5) is 41.8. The van der Waals surface area contributed by atoms with E-state index in [0.29, 0.717) is 36.1 Å². The Bertz CT molecular complexity index is 1230. The van der Waals surface area contributed by atoms with Gasteiger partial charge in [0.15, 0.2) is 11.2 Å². The normalized spacial score (nSPS) is 12.2. The lowest BCUT2D eigenvalue weighted by molar-refractivity contribution is -0.124. The minimum absolute atomic E-state index is 0.00913. The average molecular weight is 447 g/mol. The standard InChI is InChI=1S/C21H27ClN6O3/c1-5-13(2)18(29)23-10-11-24-20-25-17-16(19(30)27(4)21(31)26(17)3)28(20)12-14-8-6-7-9-15(14)22/h6-9,13H,5,10-12H2,1-4H3,(H,23,29)(H,24,25)/t13-/m0/s1. The molecule has 0 saturated heterocycles. The Morgan fingerprint density at radius 3 is 2.55 bits per heavy atom. The van der Waals surface area contributed by atoms with Gasteiger partial charge >= 0.3 is 5.69 Å². The Balaban J connectivity index is 1.98. The first-order valence-corrected chi connectivity index (χ1v) is 10.5. The number of hydrogen-bond donors (Lipinski definition) is 2. The smallest absolute Gasteiger partial charge is 0.332 e. The third-order valence-electron chi connectivity index (χ3n) is 5.40. The average Bonchev–Trinajstić information content (AvgIpc) is 3.12. The third kappa shape index (κ3) is 4.51. The van der Waals surface area contributed by atoms with E-state index in [0.717, 1.165) is 16.6 Å². The lowest BCUT2D eigenvalue weighted by Gasteiger charge is -2.13. The Hall–Kier alpha value is -3.07. The monoisotopic (exact) mass is 446 g/mol. The van der Waals surface area contributed by atoms with Gasteiger partial charge in [-0.2, -0.15) is 4.98 Å². The van der Waals surface area contributed by atoms with Crippen LogP contribution in [0.15, 0.2) is 33.9 Å². The molecule has 0 aliphatic carbocycles. The largest absolute Gasteiger partial charge is 0.354 e. The molecule has 2 N–H and O–H groups in total. The number of aryl methyl sites for hydroxylation is 1. The number of carbonyl (C=O) groups is 1. The Labute approximate surface area is 184 Å². The maximum Gasteiger partial charge on any atom is 0.332 e. The van der Waals surface area contributed by atoms with Crippen molar-refractivity contribution in [1.82, 2.24) is 24.0 Å². The van der Waals surface area contributed by atoms with Crippen molar-refractivity contribution >= 4 is 34.6 Å². The number of rotatable bonds is 8. The summed E-state index contributed by atoms with van der Waals surface area (Å²) in [6, 6.07) is 7.35. The second kappa shape index (κ2) is 9.38. The maximum absolute atomic E-state index is 12.9. The van der Waals surface area contributed by atoms with Crippen molar-refractivity contribution in [3.05, 3.63) is 55.7 Å². The highest BCUT2D eigenvalue weighted by Crippen LogP contribution is 2.21. The molecule has 166 valence electrons. The molecule has 9 nitrogen and oxygen atoms in total. The van der Waals surface area contributed by atoms with Gasteiger partial charge in [0.05, 0.1) is 6.54 Å². The van der Waals surface area contributed by atoms with Gasteiger partial charge in [0.2, 0.25) is 11.9 Å². The molecule has 0 saturated carbocycles. The molecule has 2 heterocycles. The van der Waals surface area contributed by atoms with Crippen molar-refractivity contribution in [2.45, 2.75) is 26.8 Å². The lowest BCUT2D eigenvalue weighted by atomic mass is 10.1. The van der Waals surface area contributed by atoms with Crippen molar-refractivity contribution in [1.29, 1.82) is 0 Å². The van der Waals surface area contributed by atoms with Crippen molar-refractivity contribution in [3.8, 4) is 0 Å². The van der Waals surface area contributed by atoms with Gasteiger partial charge in [0.1, 0.15) is 0 Å². The van der Waals surface area contributed by atoms with Gasteiger partial charge < -0.3 is 10.6 Å². The van der Waals surface area contributed by atoms with Crippen molar-refractivity contribution in [2.24, 2.45) is 20.0 Å². The molecule has 0 fully saturated rings. The van der Waals surface area contributed by atoms with Crippen molar-refractivity contribution in [2.75, 3.05) is 18.4 Å². The molecule has 2 aromatic heterocycles. The Kier molecular flexibility index (Phi) is 6.84. The number of nitrogens with zero attached hydrogens (tertiary/aromatic N) is 4. The van der Waals surface area contributed by atoms with Crippen LogP contribution in [-0.4, -0.2) is 37.7 Å². The number of anilines is 1. The van der Waals surface area contributed by atoms with Crippen LogP contribution in [0.2, 0.25) is 5.02 Å². The lowest BCUT2D eigenvalue weighted by Crippen LogP contribution is -2.37. The molecular weight excluding hydrogens is 420 g/mol. The first kappa shape index (κ1) is 22.6. The number of imidazole rings is 1. The maximum atomic E-state index is 12.9. The third-order valence-corrected chi connectivity index (χ3v) is 5.77. The molecule has 10 heteroatoms. The second-order valence-corrected chi connectivity index (χ2v) is 7.93. The highest BCUT2D eigenvalue weighted by atomic mass is 35.5.